The Morgan fingerprint density at radius 1 is 1.03 bits per heavy atom. The van der Waals surface area contributed by atoms with Crippen molar-refractivity contribution < 1.29 is 23.9 Å². The van der Waals surface area contributed by atoms with E-state index in [0.717, 1.165) is 31.6 Å². The Bertz CT molecular complexity index is 604. The number of aliphatic carboxylic acids is 1. The van der Waals surface area contributed by atoms with Crippen molar-refractivity contribution in [2.75, 3.05) is 40.0 Å². The molecule has 0 amide bonds. The minimum atomic E-state index is -0.930. The van der Waals surface area contributed by atoms with Gasteiger partial charge in [-0.15, -0.1) is 0 Å². The number of carbonyl (C=O) groups excluding carboxylic acids is 1. The van der Waals surface area contributed by atoms with E-state index in [9.17, 15) is 9.90 Å². The molecule has 0 bridgehead atoms. The fraction of sp³-hybridized carbons (Fsp3) is 0.720. The van der Waals surface area contributed by atoms with E-state index in [4.69, 9.17) is 9.47 Å². The molecule has 0 saturated carbocycles. The van der Waals surface area contributed by atoms with Crippen molar-refractivity contribution in [1.29, 1.82) is 0 Å². The number of nitrogens with zero attached hydrogens (tertiary/aromatic N) is 1. The van der Waals surface area contributed by atoms with Gasteiger partial charge in [0.15, 0.2) is 0 Å². The molecule has 0 spiro atoms. The molecule has 0 aliphatic carbocycles. The van der Waals surface area contributed by atoms with Crippen molar-refractivity contribution in [1.82, 2.24) is 0 Å². The second-order valence-electron chi connectivity index (χ2n) is 8.88. The fourth-order valence-electron chi connectivity index (χ4n) is 4.37. The van der Waals surface area contributed by atoms with Crippen LogP contribution in [0, 0.1) is 0 Å². The van der Waals surface area contributed by atoms with E-state index in [1.165, 1.54) is 44.1 Å². The monoisotopic (exact) mass is 419 g/mol. The first kappa shape index (κ1) is 24.7. The molecule has 1 fully saturated rings. The lowest BCUT2D eigenvalue weighted by molar-refractivity contribution is -0.932. The molecule has 1 aromatic carbocycles. The fourth-order valence-corrected chi connectivity index (χ4v) is 4.37. The topological polar surface area (TPSA) is 58.6 Å². The predicted molar refractivity (Wildman–Crippen MR) is 118 cm³/mol. The molecule has 1 aliphatic rings. The summed E-state index contributed by atoms with van der Waals surface area (Å²) in [5, 5.41) is 11.4. The van der Waals surface area contributed by atoms with E-state index in [2.05, 4.69) is 19.1 Å². The molecular weight excluding hydrogens is 378 g/mol. The van der Waals surface area contributed by atoms with E-state index in [0.29, 0.717) is 37.3 Å². The van der Waals surface area contributed by atoms with Gasteiger partial charge in [0.2, 0.25) is 0 Å². The number of ether oxygens (including phenoxy) is 2. The molecule has 30 heavy (non-hydrogen) atoms. The highest BCUT2D eigenvalue weighted by Gasteiger charge is 2.36. The van der Waals surface area contributed by atoms with Crippen LogP contribution >= 0.6 is 0 Å². The van der Waals surface area contributed by atoms with Crippen LogP contribution in [0.2, 0.25) is 0 Å². The van der Waals surface area contributed by atoms with Gasteiger partial charge in [0.25, 0.3) is 0 Å². The van der Waals surface area contributed by atoms with E-state index >= 15 is 0 Å². The van der Waals surface area contributed by atoms with Crippen LogP contribution in [0.5, 0.6) is 5.75 Å². The van der Waals surface area contributed by atoms with E-state index in [-0.39, 0.29) is 0 Å². The molecule has 2 atom stereocenters. The highest BCUT2D eigenvalue weighted by atomic mass is 16.5. The van der Waals surface area contributed by atoms with Crippen LogP contribution < -0.4 is 9.84 Å². The summed E-state index contributed by atoms with van der Waals surface area (Å²) in [4.78, 5) is 11.4. The van der Waals surface area contributed by atoms with Gasteiger partial charge in [-0.25, -0.2) is 0 Å². The molecule has 5 nitrogen and oxygen atoms in total. The van der Waals surface area contributed by atoms with E-state index in [1.807, 2.05) is 19.2 Å². The SMILES string of the molecule is CCCCCCCCc1ccc(OCCOCC[N+]2(C)CCCCC2C(=O)[O-])cc1. The normalized spacial score (nSPS) is 21.5. The molecule has 0 aromatic heterocycles. The van der Waals surface area contributed by atoms with Crippen molar-refractivity contribution in [2.24, 2.45) is 0 Å². The van der Waals surface area contributed by atoms with Crippen molar-refractivity contribution in [3.8, 4) is 5.75 Å². The van der Waals surface area contributed by atoms with Crippen LogP contribution in [0.15, 0.2) is 24.3 Å². The number of benzene rings is 1. The number of hydrogen-bond acceptors (Lipinski definition) is 4. The van der Waals surface area contributed by atoms with Gasteiger partial charge in [0.05, 0.1) is 32.8 Å². The van der Waals surface area contributed by atoms with Gasteiger partial charge in [-0.3, -0.25) is 0 Å². The zero-order valence-electron chi connectivity index (χ0n) is 19.1. The number of likely N-dealkylation sites (tertiary alicyclic amines) is 1. The molecule has 0 N–H and O–H groups in total. The molecule has 1 heterocycles. The van der Waals surface area contributed by atoms with Gasteiger partial charge in [-0.2, -0.15) is 0 Å². The van der Waals surface area contributed by atoms with Crippen molar-refractivity contribution in [2.45, 2.75) is 77.2 Å². The number of hydrogen-bond donors (Lipinski definition) is 0. The second-order valence-corrected chi connectivity index (χ2v) is 8.88. The van der Waals surface area contributed by atoms with Crippen LogP contribution in [0.4, 0.5) is 0 Å². The Morgan fingerprint density at radius 3 is 2.50 bits per heavy atom. The summed E-state index contributed by atoms with van der Waals surface area (Å²) in [6.07, 6.45) is 11.8. The van der Waals surface area contributed by atoms with Crippen LogP contribution in [-0.2, 0) is 16.0 Å². The first-order chi connectivity index (χ1) is 14.5. The van der Waals surface area contributed by atoms with Gasteiger partial charge >= 0.3 is 0 Å². The number of carboxylic acids is 1. The largest absolute Gasteiger partial charge is 0.544 e. The first-order valence-corrected chi connectivity index (χ1v) is 11.9. The average Bonchev–Trinajstić information content (AvgIpc) is 2.74. The number of rotatable bonds is 15. The van der Waals surface area contributed by atoms with Crippen LogP contribution in [0.1, 0.15) is 70.3 Å². The Morgan fingerprint density at radius 2 is 1.77 bits per heavy atom. The quantitative estimate of drug-likeness (QED) is 0.321. The highest BCUT2D eigenvalue weighted by molar-refractivity contribution is 5.69. The predicted octanol–water partition coefficient (Wildman–Crippen LogP) is 3.73. The van der Waals surface area contributed by atoms with Crippen LogP contribution in [-0.4, -0.2) is 56.5 Å². The number of carbonyl (C=O) groups is 1. The summed E-state index contributed by atoms with van der Waals surface area (Å²) in [5.41, 5.74) is 1.37. The molecule has 170 valence electrons. The minimum absolute atomic E-state index is 0.409. The third kappa shape index (κ3) is 8.65. The maximum atomic E-state index is 11.4. The number of quaternary nitrogens is 1. The molecular formula is C25H41NO4. The maximum Gasteiger partial charge on any atom is 0.129 e. The smallest absolute Gasteiger partial charge is 0.129 e. The van der Waals surface area contributed by atoms with Crippen molar-refractivity contribution in [3.05, 3.63) is 29.8 Å². The summed E-state index contributed by atoms with van der Waals surface area (Å²) in [6.45, 7) is 5.39. The summed E-state index contributed by atoms with van der Waals surface area (Å²) >= 11 is 0. The number of carboxylic acid groups (broad SMARTS) is 1. The summed E-state index contributed by atoms with van der Waals surface area (Å²) in [7, 11) is 2.01. The van der Waals surface area contributed by atoms with Crippen LogP contribution in [0.3, 0.4) is 0 Å². The van der Waals surface area contributed by atoms with Crippen molar-refractivity contribution >= 4 is 5.97 Å². The lowest BCUT2D eigenvalue weighted by Crippen LogP contribution is -2.62. The average molecular weight is 420 g/mol. The van der Waals surface area contributed by atoms with Gasteiger partial charge < -0.3 is 23.9 Å². The van der Waals surface area contributed by atoms with Crippen molar-refractivity contribution in [3.63, 3.8) is 0 Å². The van der Waals surface area contributed by atoms with Gasteiger partial charge in [-0.05, 0) is 43.4 Å². The Labute approximate surface area is 183 Å². The van der Waals surface area contributed by atoms with E-state index in [1.54, 1.807) is 0 Å². The maximum absolute atomic E-state index is 11.4. The van der Waals surface area contributed by atoms with E-state index < -0.39 is 12.0 Å². The van der Waals surface area contributed by atoms with Gasteiger partial charge in [0.1, 0.15) is 24.9 Å². The number of aryl methyl sites for hydroxylation is 1. The van der Waals surface area contributed by atoms with Crippen LogP contribution in [0.25, 0.3) is 0 Å². The number of piperidine rings is 1. The van der Waals surface area contributed by atoms with Gasteiger partial charge in [-0.1, -0.05) is 51.2 Å². The summed E-state index contributed by atoms with van der Waals surface area (Å²) in [6, 6.07) is 7.98. The second kappa shape index (κ2) is 13.7. The molecule has 2 unspecified atom stereocenters. The third-order valence-corrected chi connectivity index (χ3v) is 6.41. The third-order valence-electron chi connectivity index (χ3n) is 6.41. The first-order valence-electron chi connectivity index (χ1n) is 11.9. The molecule has 1 aliphatic heterocycles. The number of likely N-dealkylation sites (N-methyl/N-ethyl adjacent to an activating group) is 1. The standard InChI is InChI=1S/C25H41NO4/c1-3-4-5-6-7-8-11-22-13-15-23(16-14-22)30-21-20-29-19-18-26(2)17-10-9-12-24(26)25(27)28/h13-16,24H,3-12,17-21H2,1-2H3. The lowest BCUT2D eigenvalue weighted by atomic mass is 9.99. The Kier molecular flexibility index (Phi) is 11.2. The zero-order chi connectivity index (χ0) is 21.7. The molecule has 2 rings (SSSR count). The minimum Gasteiger partial charge on any atom is -0.544 e. The Hall–Kier alpha value is -1.59. The summed E-state index contributed by atoms with van der Waals surface area (Å²) < 4.78 is 12.0. The highest BCUT2D eigenvalue weighted by Crippen LogP contribution is 2.23. The molecule has 0 radical (unpaired) electrons. The molecule has 5 heteroatoms. The zero-order valence-corrected chi connectivity index (χ0v) is 19.1. The summed E-state index contributed by atoms with van der Waals surface area (Å²) in [5.74, 6) is -0.0576. The van der Waals surface area contributed by atoms with Gasteiger partial charge in [0, 0.05) is 6.42 Å². The number of unbranched alkanes of at least 4 members (excludes halogenated alkanes) is 5. The Balaban J connectivity index is 1.57. The molecule has 1 aromatic rings. The lowest BCUT2D eigenvalue weighted by Gasteiger charge is -2.45. The molecule has 1 saturated heterocycles.